The molecule has 2 N–H and O–H groups in total. The monoisotopic (exact) mass is 224 g/mol. The molecule has 0 radical (unpaired) electrons. The first kappa shape index (κ1) is 10.6. The Morgan fingerprint density at radius 2 is 2.47 bits per heavy atom. The lowest BCUT2D eigenvalue weighted by atomic mass is 10.0. The average Bonchev–Trinajstić information content (AvgIpc) is 2.66. The van der Waals surface area contributed by atoms with E-state index in [0.29, 0.717) is 0 Å². The molecule has 2 heterocycles. The van der Waals surface area contributed by atoms with Crippen molar-refractivity contribution in [2.45, 2.75) is 32.4 Å². The van der Waals surface area contributed by atoms with E-state index in [1.807, 2.05) is 4.90 Å². The number of carbonyl (C=O) groups is 1. The largest absolute Gasteiger partial charge is 0.334 e. The Hall–Kier alpha value is -0.870. The third kappa shape index (κ3) is 1.79. The maximum absolute atomic E-state index is 11.8. The molecular formula is C11H16N2OS. The summed E-state index contributed by atoms with van der Waals surface area (Å²) < 4.78 is 0. The van der Waals surface area contributed by atoms with Crippen LogP contribution >= 0.6 is 11.3 Å². The minimum atomic E-state index is -0.396. The molecule has 2 atom stereocenters. The lowest BCUT2D eigenvalue weighted by molar-refractivity contribution is -0.134. The number of thiophene rings is 1. The summed E-state index contributed by atoms with van der Waals surface area (Å²) in [6.07, 6.45) is 0.968. The van der Waals surface area contributed by atoms with Gasteiger partial charge in [-0.3, -0.25) is 4.79 Å². The molecule has 1 unspecified atom stereocenters. The lowest BCUT2D eigenvalue weighted by Crippen LogP contribution is -2.45. The van der Waals surface area contributed by atoms with E-state index < -0.39 is 6.04 Å². The first-order valence-corrected chi connectivity index (χ1v) is 6.11. The molecule has 0 bridgehead atoms. The van der Waals surface area contributed by atoms with Crippen LogP contribution < -0.4 is 5.73 Å². The molecule has 0 saturated carbocycles. The Bertz CT molecular complexity index is 372. The maximum Gasteiger partial charge on any atom is 0.239 e. The van der Waals surface area contributed by atoms with Gasteiger partial charge in [0.15, 0.2) is 0 Å². The molecule has 4 heteroatoms. The number of carbonyl (C=O) groups excluding carboxylic acids is 1. The zero-order chi connectivity index (χ0) is 11.0. The normalized spacial score (nSPS) is 22.3. The zero-order valence-electron chi connectivity index (χ0n) is 9.06. The van der Waals surface area contributed by atoms with Crippen molar-refractivity contribution in [3.8, 4) is 0 Å². The first-order valence-electron chi connectivity index (χ1n) is 5.23. The second-order valence-corrected chi connectivity index (χ2v) is 5.05. The van der Waals surface area contributed by atoms with Crippen LogP contribution in [0.15, 0.2) is 11.4 Å². The van der Waals surface area contributed by atoms with Crippen molar-refractivity contribution in [1.29, 1.82) is 0 Å². The Labute approximate surface area is 93.9 Å². The zero-order valence-corrected chi connectivity index (χ0v) is 9.88. The highest BCUT2D eigenvalue weighted by atomic mass is 32.1. The van der Waals surface area contributed by atoms with Crippen LogP contribution in [0.1, 0.15) is 30.3 Å². The van der Waals surface area contributed by atoms with Crippen LogP contribution in [0.2, 0.25) is 0 Å². The Morgan fingerprint density at radius 3 is 3.13 bits per heavy atom. The average molecular weight is 224 g/mol. The molecule has 0 fully saturated rings. The summed E-state index contributed by atoms with van der Waals surface area (Å²) >= 11 is 1.78. The topological polar surface area (TPSA) is 46.3 Å². The minimum Gasteiger partial charge on any atom is -0.334 e. The van der Waals surface area contributed by atoms with Crippen LogP contribution in [-0.4, -0.2) is 23.4 Å². The van der Waals surface area contributed by atoms with Gasteiger partial charge < -0.3 is 10.6 Å². The first-order chi connectivity index (χ1) is 7.11. The Kier molecular flexibility index (Phi) is 2.80. The molecule has 3 nitrogen and oxygen atoms in total. The predicted molar refractivity (Wildman–Crippen MR) is 61.8 cm³/mol. The van der Waals surface area contributed by atoms with Gasteiger partial charge in [-0.15, -0.1) is 11.3 Å². The van der Waals surface area contributed by atoms with E-state index >= 15 is 0 Å². The fourth-order valence-corrected chi connectivity index (χ4v) is 3.03. The Balaban J connectivity index is 2.23. The SMILES string of the molecule is CC1c2ccsc2CCN1C(=O)[C@H](C)N. The molecule has 0 aliphatic carbocycles. The van der Waals surface area contributed by atoms with E-state index in [1.165, 1.54) is 10.4 Å². The highest BCUT2D eigenvalue weighted by Gasteiger charge is 2.29. The van der Waals surface area contributed by atoms with Gasteiger partial charge in [0, 0.05) is 11.4 Å². The van der Waals surface area contributed by atoms with Crippen LogP contribution in [0.25, 0.3) is 0 Å². The third-order valence-corrected chi connectivity index (χ3v) is 3.95. The minimum absolute atomic E-state index is 0.0550. The highest BCUT2D eigenvalue weighted by molar-refractivity contribution is 7.10. The number of nitrogens with zero attached hydrogens (tertiary/aromatic N) is 1. The van der Waals surface area contributed by atoms with E-state index in [-0.39, 0.29) is 11.9 Å². The van der Waals surface area contributed by atoms with Crippen LogP contribution in [0.5, 0.6) is 0 Å². The van der Waals surface area contributed by atoms with E-state index in [9.17, 15) is 4.79 Å². The van der Waals surface area contributed by atoms with Gasteiger partial charge in [0.1, 0.15) is 0 Å². The molecule has 1 amide bonds. The standard InChI is InChI=1S/C11H16N2OS/c1-7(12)11(14)13-5-3-10-9(8(13)2)4-6-15-10/h4,6-8H,3,5,12H2,1-2H3/t7-,8?/m0/s1. The second kappa shape index (κ2) is 3.94. The molecule has 0 saturated heterocycles. The van der Waals surface area contributed by atoms with Crippen LogP contribution in [0.4, 0.5) is 0 Å². The number of amides is 1. The number of nitrogens with two attached hydrogens (primary N) is 1. The van der Waals surface area contributed by atoms with Crippen molar-refractivity contribution >= 4 is 17.2 Å². The van der Waals surface area contributed by atoms with Gasteiger partial charge >= 0.3 is 0 Å². The number of hydrogen-bond acceptors (Lipinski definition) is 3. The summed E-state index contributed by atoms with van der Waals surface area (Å²) in [6, 6.07) is 1.90. The summed E-state index contributed by atoms with van der Waals surface area (Å²) in [5.74, 6) is 0.0550. The van der Waals surface area contributed by atoms with Crippen molar-refractivity contribution in [3.05, 3.63) is 21.9 Å². The summed E-state index contributed by atoms with van der Waals surface area (Å²) in [7, 11) is 0. The van der Waals surface area contributed by atoms with E-state index in [0.717, 1.165) is 13.0 Å². The fraction of sp³-hybridized carbons (Fsp3) is 0.545. The summed E-state index contributed by atoms with van der Waals surface area (Å²) in [5, 5.41) is 2.10. The van der Waals surface area contributed by atoms with Gasteiger partial charge in [0.25, 0.3) is 0 Å². The number of fused-ring (bicyclic) bond motifs is 1. The summed E-state index contributed by atoms with van der Waals surface area (Å²) in [6.45, 7) is 4.62. The van der Waals surface area contributed by atoms with Crippen molar-refractivity contribution in [3.63, 3.8) is 0 Å². The van der Waals surface area contributed by atoms with E-state index in [4.69, 9.17) is 5.73 Å². The summed E-state index contributed by atoms with van der Waals surface area (Å²) in [5.41, 5.74) is 6.93. The van der Waals surface area contributed by atoms with Crippen LogP contribution in [0.3, 0.4) is 0 Å². The molecule has 82 valence electrons. The second-order valence-electron chi connectivity index (χ2n) is 4.05. The van der Waals surface area contributed by atoms with Crippen molar-refractivity contribution in [2.75, 3.05) is 6.54 Å². The molecule has 2 rings (SSSR count). The van der Waals surface area contributed by atoms with Crippen molar-refractivity contribution in [2.24, 2.45) is 5.73 Å². The molecule has 1 aliphatic heterocycles. The molecule has 0 spiro atoms. The van der Waals surface area contributed by atoms with Crippen molar-refractivity contribution < 1.29 is 4.79 Å². The third-order valence-electron chi connectivity index (χ3n) is 2.95. The van der Waals surface area contributed by atoms with Gasteiger partial charge in [0.2, 0.25) is 5.91 Å². The summed E-state index contributed by atoms with van der Waals surface area (Å²) in [4.78, 5) is 15.1. The van der Waals surface area contributed by atoms with E-state index in [1.54, 1.807) is 18.3 Å². The van der Waals surface area contributed by atoms with Gasteiger partial charge in [-0.2, -0.15) is 0 Å². The lowest BCUT2D eigenvalue weighted by Gasteiger charge is -2.34. The van der Waals surface area contributed by atoms with Gasteiger partial charge in [-0.1, -0.05) is 0 Å². The Morgan fingerprint density at radius 1 is 1.73 bits per heavy atom. The molecule has 15 heavy (non-hydrogen) atoms. The fourth-order valence-electron chi connectivity index (χ4n) is 2.07. The van der Waals surface area contributed by atoms with Gasteiger partial charge in [-0.25, -0.2) is 0 Å². The predicted octanol–water partition coefficient (Wildman–Crippen LogP) is 1.54. The van der Waals surface area contributed by atoms with E-state index in [2.05, 4.69) is 18.4 Å². The maximum atomic E-state index is 11.8. The van der Waals surface area contributed by atoms with Gasteiger partial charge in [-0.05, 0) is 37.3 Å². The quantitative estimate of drug-likeness (QED) is 0.786. The smallest absolute Gasteiger partial charge is 0.239 e. The van der Waals surface area contributed by atoms with Crippen LogP contribution in [-0.2, 0) is 11.2 Å². The molecule has 0 aromatic carbocycles. The molecule has 1 aromatic heterocycles. The molecular weight excluding hydrogens is 208 g/mol. The van der Waals surface area contributed by atoms with Crippen LogP contribution in [0, 0.1) is 0 Å². The number of rotatable bonds is 1. The van der Waals surface area contributed by atoms with Crippen molar-refractivity contribution in [1.82, 2.24) is 4.90 Å². The van der Waals surface area contributed by atoms with Gasteiger partial charge in [0.05, 0.1) is 12.1 Å². The highest BCUT2D eigenvalue weighted by Crippen LogP contribution is 2.32. The molecule has 1 aliphatic rings. The number of hydrogen-bond donors (Lipinski definition) is 1. The molecule has 1 aromatic rings.